The van der Waals surface area contributed by atoms with Crippen molar-refractivity contribution < 1.29 is 23.1 Å². The molecule has 0 saturated carbocycles. The molecule has 3 aromatic rings. The molecular weight excluding hydrogens is 499 g/mol. The highest BCUT2D eigenvalue weighted by Gasteiger charge is 2.31. The molecule has 10 heteroatoms. The van der Waals surface area contributed by atoms with Crippen molar-refractivity contribution in [1.82, 2.24) is 4.90 Å². The SMILES string of the molecule is O=C(c1cc(Cl)ccc1NS(=O)(=O)c1ccc(Oc2ccccc2Cl)cc1)N1CCC[C@@H]1CO. The number of halogens is 2. The third kappa shape index (κ3) is 5.31. The molecule has 0 unspecified atom stereocenters. The molecule has 1 saturated heterocycles. The molecule has 0 spiro atoms. The number of hydrogen-bond donors (Lipinski definition) is 2. The molecule has 1 fully saturated rings. The van der Waals surface area contributed by atoms with E-state index in [0.717, 1.165) is 6.42 Å². The number of amides is 1. The van der Waals surface area contributed by atoms with Gasteiger partial charge in [-0.15, -0.1) is 0 Å². The summed E-state index contributed by atoms with van der Waals surface area (Å²) in [6.07, 6.45) is 1.45. The Bertz CT molecular complexity index is 1300. The third-order valence-electron chi connectivity index (χ3n) is 5.50. The topological polar surface area (TPSA) is 95.9 Å². The van der Waals surface area contributed by atoms with Gasteiger partial charge in [0.1, 0.15) is 11.5 Å². The third-order valence-corrected chi connectivity index (χ3v) is 7.43. The molecule has 178 valence electrons. The van der Waals surface area contributed by atoms with Crippen LogP contribution in [0.1, 0.15) is 23.2 Å². The second kappa shape index (κ2) is 10.2. The van der Waals surface area contributed by atoms with Crippen LogP contribution in [0, 0.1) is 0 Å². The van der Waals surface area contributed by atoms with Crippen LogP contribution in [0.5, 0.6) is 11.5 Å². The fourth-order valence-electron chi connectivity index (χ4n) is 3.78. The monoisotopic (exact) mass is 520 g/mol. The number of sulfonamides is 1. The van der Waals surface area contributed by atoms with Crippen LogP contribution < -0.4 is 9.46 Å². The molecule has 0 radical (unpaired) electrons. The molecule has 7 nitrogen and oxygen atoms in total. The lowest BCUT2D eigenvalue weighted by atomic mass is 10.1. The van der Waals surface area contributed by atoms with Crippen LogP contribution in [0.25, 0.3) is 0 Å². The smallest absolute Gasteiger partial charge is 0.261 e. The number of para-hydroxylation sites is 1. The van der Waals surface area contributed by atoms with E-state index in [1.807, 2.05) is 0 Å². The summed E-state index contributed by atoms with van der Waals surface area (Å²) in [6, 6.07) is 16.9. The molecule has 1 aliphatic rings. The quantitative estimate of drug-likeness (QED) is 0.447. The molecule has 0 bridgehead atoms. The number of rotatable bonds is 7. The van der Waals surface area contributed by atoms with Gasteiger partial charge in [-0.1, -0.05) is 35.3 Å². The highest BCUT2D eigenvalue weighted by atomic mass is 35.5. The number of likely N-dealkylation sites (tertiary alicyclic amines) is 1. The molecule has 1 atom stereocenters. The van der Waals surface area contributed by atoms with Crippen molar-refractivity contribution in [1.29, 1.82) is 0 Å². The largest absolute Gasteiger partial charge is 0.456 e. The van der Waals surface area contributed by atoms with Crippen LogP contribution in [0.4, 0.5) is 5.69 Å². The molecule has 34 heavy (non-hydrogen) atoms. The van der Waals surface area contributed by atoms with Crippen molar-refractivity contribution in [2.75, 3.05) is 17.9 Å². The Balaban J connectivity index is 1.56. The predicted octanol–water partition coefficient (Wildman–Crippen LogP) is 5.18. The second-order valence-electron chi connectivity index (χ2n) is 7.78. The normalized spacial score (nSPS) is 15.9. The maximum Gasteiger partial charge on any atom is 0.261 e. The van der Waals surface area contributed by atoms with Gasteiger partial charge in [-0.2, -0.15) is 0 Å². The zero-order valence-corrected chi connectivity index (χ0v) is 20.3. The standard InChI is InChI=1S/C24H22Cl2N2O5S/c25-16-7-12-22(20(14-16)24(30)28-13-3-4-17(28)15-29)27-34(31,32)19-10-8-18(9-11-19)33-23-6-2-1-5-21(23)26/h1-2,5-12,14,17,27,29H,3-4,13,15H2/t17-/m1/s1. The maximum atomic E-state index is 13.2. The van der Waals surface area contributed by atoms with Crippen LogP contribution in [0.3, 0.4) is 0 Å². The fraction of sp³-hybridized carbons (Fsp3) is 0.208. The molecule has 3 aromatic carbocycles. The van der Waals surface area contributed by atoms with Crippen LogP contribution in [0.2, 0.25) is 10.0 Å². The van der Waals surface area contributed by atoms with E-state index in [2.05, 4.69) is 4.72 Å². The summed E-state index contributed by atoms with van der Waals surface area (Å²) in [4.78, 5) is 14.7. The van der Waals surface area contributed by atoms with Gasteiger partial charge in [0.15, 0.2) is 0 Å². The molecule has 1 amide bonds. The van der Waals surface area contributed by atoms with Gasteiger partial charge in [0, 0.05) is 11.6 Å². The van der Waals surface area contributed by atoms with Gasteiger partial charge in [0.25, 0.3) is 15.9 Å². The Kier molecular flexibility index (Phi) is 7.33. The van der Waals surface area contributed by atoms with Gasteiger partial charge in [-0.05, 0) is 67.4 Å². The van der Waals surface area contributed by atoms with E-state index in [0.29, 0.717) is 34.5 Å². The van der Waals surface area contributed by atoms with Crippen molar-refractivity contribution in [2.24, 2.45) is 0 Å². The van der Waals surface area contributed by atoms with Crippen LogP contribution in [0.15, 0.2) is 71.6 Å². The van der Waals surface area contributed by atoms with Gasteiger partial charge < -0.3 is 14.7 Å². The highest BCUT2D eigenvalue weighted by molar-refractivity contribution is 7.92. The van der Waals surface area contributed by atoms with Crippen molar-refractivity contribution in [3.8, 4) is 11.5 Å². The molecule has 2 N–H and O–H groups in total. The number of aliphatic hydroxyl groups excluding tert-OH is 1. The summed E-state index contributed by atoms with van der Waals surface area (Å²) in [5.74, 6) is 0.476. The van der Waals surface area contributed by atoms with E-state index in [-0.39, 0.29) is 34.7 Å². The minimum Gasteiger partial charge on any atom is -0.456 e. The number of nitrogens with zero attached hydrogens (tertiary/aromatic N) is 1. The van der Waals surface area contributed by atoms with E-state index >= 15 is 0 Å². The minimum atomic E-state index is -4.02. The average Bonchev–Trinajstić information content (AvgIpc) is 3.30. The van der Waals surface area contributed by atoms with Crippen molar-refractivity contribution >= 4 is 44.8 Å². The number of carbonyl (C=O) groups is 1. The Labute approximate surface area is 207 Å². The van der Waals surface area contributed by atoms with E-state index < -0.39 is 10.0 Å². The lowest BCUT2D eigenvalue weighted by Crippen LogP contribution is -2.38. The van der Waals surface area contributed by atoms with Crippen LogP contribution in [-0.2, 0) is 10.0 Å². The van der Waals surface area contributed by atoms with Gasteiger partial charge >= 0.3 is 0 Å². The average molecular weight is 521 g/mol. The van der Waals surface area contributed by atoms with Gasteiger partial charge in [-0.3, -0.25) is 9.52 Å². The minimum absolute atomic E-state index is 0.0123. The lowest BCUT2D eigenvalue weighted by Gasteiger charge is -2.24. The van der Waals surface area contributed by atoms with Crippen LogP contribution >= 0.6 is 23.2 Å². The molecule has 1 heterocycles. The summed E-state index contributed by atoms with van der Waals surface area (Å²) in [7, 11) is -4.02. The molecule has 1 aliphatic heterocycles. The molecule has 0 aromatic heterocycles. The maximum absolute atomic E-state index is 13.2. The summed E-state index contributed by atoms with van der Waals surface area (Å²) in [6.45, 7) is 0.325. The Morgan fingerprint density at radius 3 is 2.53 bits per heavy atom. The van der Waals surface area contributed by atoms with Gasteiger partial charge in [-0.25, -0.2) is 8.42 Å². The molecule has 4 rings (SSSR count). The van der Waals surface area contributed by atoms with Crippen LogP contribution in [-0.4, -0.2) is 43.5 Å². The number of hydrogen-bond acceptors (Lipinski definition) is 5. The van der Waals surface area contributed by atoms with E-state index in [4.69, 9.17) is 27.9 Å². The lowest BCUT2D eigenvalue weighted by molar-refractivity contribution is 0.0678. The summed E-state index contributed by atoms with van der Waals surface area (Å²) >= 11 is 12.2. The van der Waals surface area contributed by atoms with Crippen molar-refractivity contribution in [2.45, 2.75) is 23.8 Å². The van der Waals surface area contributed by atoms with E-state index in [9.17, 15) is 18.3 Å². The second-order valence-corrected chi connectivity index (χ2v) is 10.3. The summed E-state index contributed by atoms with van der Waals surface area (Å²) in [5, 5.41) is 10.3. The first-order chi connectivity index (χ1) is 16.3. The number of nitrogens with one attached hydrogen (secondary N) is 1. The number of ether oxygens (including phenoxy) is 1. The van der Waals surface area contributed by atoms with Crippen molar-refractivity contribution in [3.63, 3.8) is 0 Å². The van der Waals surface area contributed by atoms with Gasteiger partial charge in [0.05, 0.1) is 33.8 Å². The molecule has 0 aliphatic carbocycles. The number of carbonyl (C=O) groups excluding carboxylic acids is 1. The Hall–Kier alpha value is -2.78. The summed E-state index contributed by atoms with van der Waals surface area (Å²) in [5.41, 5.74) is 0.226. The summed E-state index contributed by atoms with van der Waals surface area (Å²) < 4.78 is 34.3. The first kappa shape index (κ1) is 24.3. The zero-order valence-electron chi connectivity index (χ0n) is 17.9. The van der Waals surface area contributed by atoms with E-state index in [1.165, 1.54) is 42.5 Å². The Morgan fingerprint density at radius 2 is 1.82 bits per heavy atom. The fourth-order valence-corrected chi connectivity index (χ4v) is 5.20. The molecular formula is C24H22Cl2N2O5S. The number of anilines is 1. The Morgan fingerprint density at radius 1 is 1.09 bits per heavy atom. The van der Waals surface area contributed by atoms with Crippen molar-refractivity contribution in [3.05, 3.63) is 82.3 Å². The first-order valence-corrected chi connectivity index (χ1v) is 12.8. The number of aliphatic hydroxyl groups is 1. The number of benzene rings is 3. The zero-order chi connectivity index (χ0) is 24.3. The van der Waals surface area contributed by atoms with E-state index in [1.54, 1.807) is 29.2 Å². The highest BCUT2D eigenvalue weighted by Crippen LogP contribution is 2.31. The first-order valence-electron chi connectivity index (χ1n) is 10.5. The van der Waals surface area contributed by atoms with Gasteiger partial charge in [0.2, 0.25) is 0 Å². The predicted molar refractivity (Wildman–Crippen MR) is 131 cm³/mol.